The van der Waals surface area contributed by atoms with E-state index in [0.717, 1.165) is 16.9 Å². The van der Waals surface area contributed by atoms with Crippen LogP contribution < -0.4 is 10.2 Å². The molecule has 2 aromatic carbocycles. The number of benzene rings is 2. The van der Waals surface area contributed by atoms with E-state index in [2.05, 4.69) is 10.3 Å². The fraction of sp³-hybridized carbons (Fsp3) is 0.0833. The van der Waals surface area contributed by atoms with Crippen molar-refractivity contribution in [2.45, 2.75) is 12.1 Å². The van der Waals surface area contributed by atoms with Crippen LogP contribution in [0, 0.1) is 10.1 Å². The number of thiocarbonyl (C=S) groups is 1. The van der Waals surface area contributed by atoms with Crippen LogP contribution in [0.15, 0.2) is 95.5 Å². The van der Waals surface area contributed by atoms with Crippen molar-refractivity contribution in [2.24, 2.45) is 0 Å². The van der Waals surface area contributed by atoms with E-state index < -0.39 is 4.92 Å². The van der Waals surface area contributed by atoms with Crippen molar-refractivity contribution in [3.63, 3.8) is 0 Å². The van der Waals surface area contributed by atoms with Crippen molar-refractivity contribution in [3.05, 3.63) is 113 Å². The summed E-state index contributed by atoms with van der Waals surface area (Å²) in [6.45, 7) is 0. The van der Waals surface area contributed by atoms with Crippen molar-refractivity contribution in [1.82, 2.24) is 10.3 Å². The topological polar surface area (TPSA) is 84.4 Å². The maximum atomic E-state index is 11.0. The molecular weight excluding hydrogens is 424 g/mol. The van der Waals surface area contributed by atoms with Crippen LogP contribution in [0.5, 0.6) is 0 Å². The standard InChI is InChI=1S/C24H18N4O3S/c29-28(30)18-11-9-16(10-12-18)20-13-14-21(31-20)23-22(19-8-4-5-15-25-19)26-24(32)27(23)17-6-2-1-3-7-17/h1-15,22-23H,(H,26,32). The molecule has 8 heteroatoms. The van der Waals surface area contributed by atoms with E-state index in [1.807, 2.05) is 65.6 Å². The van der Waals surface area contributed by atoms with E-state index in [0.29, 0.717) is 16.6 Å². The normalized spacial score (nSPS) is 17.9. The lowest BCUT2D eigenvalue weighted by molar-refractivity contribution is -0.384. The number of para-hydroxylation sites is 1. The lowest BCUT2D eigenvalue weighted by atomic mass is 10.0. The van der Waals surface area contributed by atoms with Crippen molar-refractivity contribution >= 4 is 28.7 Å². The summed E-state index contributed by atoms with van der Waals surface area (Å²) < 4.78 is 6.27. The largest absolute Gasteiger partial charge is 0.459 e. The number of non-ortho nitro benzene ring substituents is 1. The van der Waals surface area contributed by atoms with E-state index >= 15 is 0 Å². The first-order valence-corrected chi connectivity index (χ1v) is 10.4. The number of hydrogen-bond acceptors (Lipinski definition) is 5. The van der Waals surface area contributed by atoms with Gasteiger partial charge in [0, 0.05) is 29.6 Å². The monoisotopic (exact) mass is 442 g/mol. The fourth-order valence-electron chi connectivity index (χ4n) is 3.92. The van der Waals surface area contributed by atoms with Crippen molar-refractivity contribution < 1.29 is 9.34 Å². The Balaban J connectivity index is 1.56. The number of rotatable bonds is 5. The molecule has 1 fully saturated rings. The van der Waals surface area contributed by atoms with Crippen molar-refractivity contribution in [2.75, 3.05) is 4.90 Å². The highest BCUT2D eigenvalue weighted by Gasteiger charge is 2.42. The molecule has 1 aliphatic heterocycles. The molecule has 1 N–H and O–H groups in total. The molecule has 3 heterocycles. The molecule has 4 aromatic rings. The molecule has 0 saturated carbocycles. The number of furan rings is 1. The zero-order valence-electron chi connectivity index (χ0n) is 16.8. The molecule has 5 rings (SSSR count). The third-order valence-corrected chi connectivity index (χ3v) is 5.73. The van der Waals surface area contributed by atoms with Crippen LogP contribution in [0.3, 0.4) is 0 Å². The van der Waals surface area contributed by atoms with Crippen LogP contribution in [0.1, 0.15) is 23.5 Å². The zero-order valence-corrected chi connectivity index (χ0v) is 17.6. The molecule has 2 unspecified atom stereocenters. The van der Waals surface area contributed by atoms with Crippen LogP contribution >= 0.6 is 12.2 Å². The Kier molecular flexibility index (Phi) is 5.12. The third-order valence-electron chi connectivity index (χ3n) is 5.41. The average Bonchev–Trinajstić information content (AvgIpc) is 3.45. The first-order valence-electron chi connectivity index (χ1n) is 10.0. The van der Waals surface area contributed by atoms with Crippen LogP contribution in [-0.4, -0.2) is 15.0 Å². The fourth-order valence-corrected chi connectivity index (χ4v) is 4.27. The highest BCUT2D eigenvalue weighted by atomic mass is 32.1. The second kappa shape index (κ2) is 8.24. The quantitative estimate of drug-likeness (QED) is 0.251. The van der Waals surface area contributed by atoms with Crippen LogP contribution in [0.4, 0.5) is 11.4 Å². The molecule has 0 bridgehead atoms. The first-order chi connectivity index (χ1) is 15.6. The van der Waals surface area contributed by atoms with Crippen LogP contribution in [0.2, 0.25) is 0 Å². The zero-order chi connectivity index (χ0) is 22.1. The highest BCUT2D eigenvalue weighted by molar-refractivity contribution is 7.80. The lowest BCUT2D eigenvalue weighted by Crippen LogP contribution is -2.29. The number of pyridine rings is 1. The summed E-state index contributed by atoms with van der Waals surface area (Å²) >= 11 is 5.70. The molecule has 0 spiro atoms. The summed E-state index contributed by atoms with van der Waals surface area (Å²) in [5, 5.41) is 14.9. The SMILES string of the molecule is O=[N+]([O-])c1ccc(-c2ccc(C3C(c4ccccn4)NC(=S)N3c3ccccc3)o2)cc1. The minimum atomic E-state index is -0.419. The second-order valence-corrected chi connectivity index (χ2v) is 7.72. The van der Waals surface area contributed by atoms with Gasteiger partial charge in [-0.15, -0.1) is 0 Å². The predicted molar refractivity (Wildman–Crippen MR) is 125 cm³/mol. The van der Waals surface area contributed by atoms with Gasteiger partial charge in [0.25, 0.3) is 5.69 Å². The summed E-state index contributed by atoms with van der Waals surface area (Å²) in [6.07, 6.45) is 1.76. The van der Waals surface area contributed by atoms with Gasteiger partial charge in [-0.2, -0.15) is 0 Å². The number of anilines is 1. The van der Waals surface area contributed by atoms with Gasteiger partial charge in [0.1, 0.15) is 17.6 Å². The molecule has 2 atom stereocenters. The molecule has 7 nitrogen and oxygen atoms in total. The van der Waals surface area contributed by atoms with E-state index in [1.165, 1.54) is 12.1 Å². The minimum Gasteiger partial charge on any atom is -0.459 e. The molecule has 0 radical (unpaired) electrons. The van der Waals surface area contributed by atoms with E-state index in [1.54, 1.807) is 18.3 Å². The Morgan fingerprint density at radius 3 is 2.41 bits per heavy atom. The smallest absolute Gasteiger partial charge is 0.269 e. The first kappa shape index (κ1) is 19.9. The van der Waals surface area contributed by atoms with Gasteiger partial charge in [0.05, 0.1) is 16.7 Å². The van der Waals surface area contributed by atoms with Crippen LogP contribution in [-0.2, 0) is 0 Å². The summed E-state index contributed by atoms with van der Waals surface area (Å²) in [6, 6.07) is 25.3. The number of nitro benzene ring substituents is 1. The predicted octanol–water partition coefficient (Wildman–Crippen LogP) is 5.43. The minimum absolute atomic E-state index is 0.0383. The molecule has 1 aliphatic rings. The Hall–Kier alpha value is -4.04. The molecule has 158 valence electrons. The Bertz CT molecular complexity index is 1260. The van der Waals surface area contributed by atoms with E-state index in [9.17, 15) is 10.1 Å². The summed E-state index contributed by atoms with van der Waals surface area (Å²) in [4.78, 5) is 17.1. The third kappa shape index (κ3) is 3.61. The lowest BCUT2D eigenvalue weighted by Gasteiger charge is -2.26. The number of nitrogens with one attached hydrogen (secondary N) is 1. The second-order valence-electron chi connectivity index (χ2n) is 7.34. The van der Waals surface area contributed by atoms with Gasteiger partial charge in [-0.05, 0) is 60.7 Å². The number of hydrogen-bond donors (Lipinski definition) is 1. The van der Waals surface area contributed by atoms with Gasteiger partial charge in [-0.1, -0.05) is 24.3 Å². The molecule has 0 amide bonds. The molecular formula is C24H18N4O3S. The summed E-state index contributed by atoms with van der Waals surface area (Å²) in [7, 11) is 0. The van der Waals surface area contributed by atoms with Gasteiger partial charge in [-0.25, -0.2) is 0 Å². The molecule has 2 aromatic heterocycles. The van der Waals surface area contributed by atoms with Gasteiger partial charge in [0.15, 0.2) is 5.11 Å². The van der Waals surface area contributed by atoms with Crippen LogP contribution in [0.25, 0.3) is 11.3 Å². The van der Waals surface area contributed by atoms with E-state index in [4.69, 9.17) is 16.6 Å². The summed E-state index contributed by atoms with van der Waals surface area (Å²) in [5.74, 6) is 1.34. The molecule has 1 saturated heterocycles. The van der Waals surface area contributed by atoms with Gasteiger partial charge >= 0.3 is 0 Å². The van der Waals surface area contributed by atoms with Gasteiger partial charge < -0.3 is 14.6 Å². The number of aromatic nitrogens is 1. The van der Waals surface area contributed by atoms with Crippen molar-refractivity contribution in [3.8, 4) is 11.3 Å². The Morgan fingerprint density at radius 2 is 1.72 bits per heavy atom. The maximum absolute atomic E-state index is 11.0. The van der Waals surface area contributed by atoms with Gasteiger partial charge in [0.2, 0.25) is 0 Å². The maximum Gasteiger partial charge on any atom is 0.269 e. The Morgan fingerprint density at radius 1 is 0.969 bits per heavy atom. The van der Waals surface area contributed by atoms with Crippen molar-refractivity contribution in [1.29, 1.82) is 0 Å². The van der Waals surface area contributed by atoms with Gasteiger partial charge in [-0.3, -0.25) is 15.1 Å². The number of nitro groups is 1. The average molecular weight is 443 g/mol. The molecule has 0 aliphatic carbocycles. The number of nitrogens with zero attached hydrogens (tertiary/aromatic N) is 3. The molecule has 32 heavy (non-hydrogen) atoms. The Labute approximate surface area is 189 Å². The highest BCUT2D eigenvalue weighted by Crippen LogP contribution is 2.42. The van der Waals surface area contributed by atoms with E-state index in [-0.39, 0.29) is 17.8 Å². The summed E-state index contributed by atoms with van der Waals surface area (Å²) in [5.41, 5.74) is 2.60.